The number of hydrogen-bond donors (Lipinski definition) is 1. The Morgan fingerprint density at radius 1 is 0.692 bits per heavy atom. The maximum atomic E-state index is 6.50. The minimum Gasteiger partial charge on any atom is -0.398 e. The summed E-state index contributed by atoms with van der Waals surface area (Å²) in [4.78, 5) is 0. The molecule has 1 nitrogen and oxygen atoms in total. The van der Waals surface area contributed by atoms with Gasteiger partial charge in [-0.15, -0.1) is 0 Å². The number of nitrogens with two attached hydrogens (primary N) is 1. The minimum atomic E-state index is 0.358. The van der Waals surface area contributed by atoms with Gasteiger partial charge in [0.15, 0.2) is 0 Å². The quantitative estimate of drug-likeness (QED) is 0.525. The zero-order chi connectivity index (χ0) is 17.7. The van der Waals surface area contributed by atoms with Gasteiger partial charge >= 0.3 is 0 Å². The number of hydrogen-bond acceptors (Lipinski definition) is 1. The zero-order valence-corrected chi connectivity index (χ0v) is 14.8. The molecule has 2 atom stereocenters. The fourth-order valence-corrected chi connectivity index (χ4v) is 4.42. The Bertz CT molecular complexity index is 1060. The Kier molecular flexibility index (Phi) is 3.36. The number of aryl methyl sites for hydroxylation is 1. The molecule has 0 bridgehead atoms. The van der Waals surface area contributed by atoms with Gasteiger partial charge in [-0.2, -0.15) is 0 Å². The van der Waals surface area contributed by atoms with E-state index in [1.165, 1.54) is 33.4 Å². The third-order valence-corrected chi connectivity index (χ3v) is 5.66. The van der Waals surface area contributed by atoms with Crippen LogP contribution in [0.2, 0.25) is 0 Å². The van der Waals surface area contributed by atoms with Crippen molar-refractivity contribution in [2.24, 2.45) is 0 Å². The topological polar surface area (TPSA) is 26.0 Å². The number of nitrogen functional groups attached to an aromatic ring is 1. The SMILES string of the molecule is Cc1ccc2c(c1)C1C=CC=CC1c1cc(N)c(-c3ccccc3)cc1-2. The van der Waals surface area contributed by atoms with E-state index in [9.17, 15) is 0 Å². The van der Waals surface area contributed by atoms with Gasteiger partial charge in [-0.05, 0) is 46.9 Å². The fourth-order valence-electron chi connectivity index (χ4n) is 4.42. The van der Waals surface area contributed by atoms with Crippen LogP contribution in [0.5, 0.6) is 0 Å². The van der Waals surface area contributed by atoms with Crippen molar-refractivity contribution >= 4 is 5.69 Å². The van der Waals surface area contributed by atoms with Gasteiger partial charge in [-0.1, -0.05) is 78.4 Å². The average molecular weight is 335 g/mol. The lowest BCUT2D eigenvalue weighted by atomic mass is 9.69. The van der Waals surface area contributed by atoms with E-state index in [0.29, 0.717) is 11.8 Å². The van der Waals surface area contributed by atoms with E-state index in [0.717, 1.165) is 11.3 Å². The molecule has 0 saturated carbocycles. The van der Waals surface area contributed by atoms with Crippen molar-refractivity contribution < 1.29 is 0 Å². The van der Waals surface area contributed by atoms with E-state index in [1.54, 1.807) is 0 Å². The van der Waals surface area contributed by atoms with Crippen molar-refractivity contribution in [2.45, 2.75) is 18.8 Å². The van der Waals surface area contributed by atoms with Crippen molar-refractivity contribution in [2.75, 3.05) is 5.73 Å². The maximum Gasteiger partial charge on any atom is 0.0397 e. The fraction of sp³-hybridized carbons (Fsp3) is 0.120. The Morgan fingerprint density at radius 3 is 2.12 bits per heavy atom. The summed E-state index contributed by atoms with van der Waals surface area (Å²) in [5.74, 6) is 0.751. The van der Waals surface area contributed by atoms with E-state index in [4.69, 9.17) is 5.73 Å². The Hall–Kier alpha value is -3.06. The normalized spacial score (nSPS) is 19.6. The molecule has 3 aromatic rings. The van der Waals surface area contributed by atoms with Crippen LogP contribution in [0.3, 0.4) is 0 Å². The standard InChI is InChI=1S/C25H21N/c1-16-11-12-20-22(13-16)18-9-5-6-10-19(18)24-15-25(26)21(14-23(20)24)17-7-3-2-4-8-17/h2-15,18-19H,26H2,1H3. The Balaban J connectivity index is 1.79. The van der Waals surface area contributed by atoms with Gasteiger partial charge < -0.3 is 5.73 Å². The smallest absolute Gasteiger partial charge is 0.0397 e. The second kappa shape index (κ2) is 5.74. The molecule has 26 heavy (non-hydrogen) atoms. The number of rotatable bonds is 1. The molecule has 1 heteroatoms. The highest BCUT2D eigenvalue weighted by Crippen LogP contribution is 2.51. The van der Waals surface area contributed by atoms with E-state index >= 15 is 0 Å². The maximum absolute atomic E-state index is 6.50. The summed E-state index contributed by atoms with van der Waals surface area (Å²) in [6.07, 6.45) is 8.97. The molecule has 126 valence electrons. The van der Waals surface area contributed by atoms with E-state index < -0.39 is 0 Å². The van der Waals surface area contributed by atoms with Crippen molar-refractivity contribution in [1.82, 2.24) is 0 Å². The molecule has 0 spiro atoms. The molecule has 2 N–H and O–H groups in total. The van der Waals surface area contributed by atoms with E-state index in [1.807, 2.05) is 6.07 Å². The van der Waals surface area contributed by atoms with Crippen LogP contribution in [0.25, 0.3) is 22.3 Å². The Labute approximate surface area is 154 Å². The van der Waals surface area contributed by atoms with Gasteiger partial charge in [-0.3, -0.25) is 0 Å². The lowest BCUT2D eigenvalue weighted by molar-refractivity contribution is 0.720. The third-order valence-electron chi connectivity index (χ3n) is 5.66. The first kappa shape index (κ1) is 15.2. The monoisotopic (exact) mass is 335 g/mol. The molecule has 0 amide bonds. The lowest BCUT2D eigenvalue weighted by Crippen LogP contribution is -2.17. The predicted molar refractivity (Wildman–Crippen MR) is 110 cm³/mol. The number of fused-ring (bicyclic) bond motifs is 6. The molecule has 0 fully saturated rings. The molecule has 0 radical (unpaired) electrons. The summed E-state index contributed by atoms with van der Waals surface area (Å²) in [6.45, 7) is 2.17. The minimum absolute atomic E-state index is 0.358. The molecule has 0 saturated heterocycles. The second-order valence-corrected chi connectivity index (χ2v) is 7.30. The molecule has 0 aliphatic heterocycles. The first-order valence-corrected chi connectivity index (χ1v) is 9.17. The van der Waals surface area contributed by atoms with Gasteiger partial charge in [-0.25, -0.2) is 0 Å². The van der Waals surface area contributed by atoms with Crippen LogP contribution in [0.15, 0.2) is 85.0 Å². The summed E-state index contributed by atoms with van der Waals surface area (Å²) in [7, 11) is 0. The lowest BCUT2D eigenvalue weighted by Gasteiger charge is -2.34. The molecular formula is C25H21N. The number of benzene rings is 3. The molecule has 2 unspecified atom stereocenters. The van der Waals surface area contributed by atoms with Crippen molar-refractivity contribution in [3.05, 3.63) is 102 Å². The summed E-state index contributed by atoms with van der Waals surface area (Å²) in [5, 5.41) is 0. The van der Waals surface area contributed by atoms with Crippen molar-refractivity contribution in [3.8, 4) is 22.3 Å². The highest BCUT2D eigenvalue weighted by molar-refractivity contribution is 5.87. The van der Waals surface area contributed by atoms with Gasteiger partial charge in [0, 0.05) is 23.1 Å². The van der Waals surface area contributed by atoms with Gasteiger partial charge in [0.2, 0.25) is 0 Å². The molecule has 2 aliphatic rings. The van der Waals surface area contributed by atoms with Crippen LogP contribution in [0.4, 0.5) is 5.69 Å². The molecule has 3 aromatic carbocycles. The molecular weight excluding hydrogens is 314 g/mol. The first-order valence-electron chi connectivity index (χ1n) is 9.17. The van der Waals surface area contributed by atoms with Gasteiger partial charge in [0.25, 0.3) is 0 Å². The van der Waals surface area contributed by atoms with Crippen LogP contribution >= 0.6 is 0 Å². The molecule has 0 heterocycles. The largest absolute Gasteiger partial charge is 0.398 e. The van der Waals surface area contributed by atoms with Gasteiger partial charge in [0.1, 0.15) is 0 Å². The van der Waals surface area contributed by atoms with Crippen molar-refractivity contribution in [3.63, 3.8) is 0 Å². The van der Waals surface area contributed by atoms with E-state index in [-0.39, 0.29) is 0 Å². The third kappa shape index (κ3) is 2.24. The van der Waals surface area contributed by atoms with Crippen LogP contribution in [0.1, 0.15) is 28.5 Å². The Morgan fingerprint density at radius 2 is 1.38 bits per heavy atom. The molecule has 0 aromatic heterocycles. The summed E-state index contributed by atoms with van der Waals surface area (Å²) >= 11 is 0. The number of allylic oxidation sites excluding steroid dienone is 4. The van der Waals surface area contributed by atoms with Gasteiger partial charge in [0.05, 0.1) is 0 Å². The summed E-state index contributed by atoms with van der Waals surface area (Å²) in [5.41, 5.74) is 16.4. The second-order valence-electron chi connectivity index (χ2n) is 7.30. The predicted octanol–water partition coefficient (Wildman–Crippen LogP) is 6.22. The number of anilines is 1. The first-order chi connectivity index (χ1) is 12.7. The highest BCUT2D eigenvalue weighted by atomic mass is 14.6. The van der Waals surface area contributed by atoms with Crippen LogP contribution < -0.4 is 5.73 Å². The van der Waals surface area contributed by atoms with Crippen LogP contribution in [0, 0.1) is 6.92 Å². The zero-order valence-electron chi connectivity index (χ0n) is 14.8. The van der Waals surface area contributed by atoms with Crippen LogP contribution in [-0.2, 0) is 0 Å². The average Bonchev–Trinajstić information content (AvgIpc) is 2.68. The summed E-state index contributed by atoms with van der Waals surface area (Å²) < 4.78 is 0. The van der Waals surface area contributed by atoms with Crippen LogP contribution in [-0.4, -0.2) is 0 Å². The highest BCUT2D eigenvalue weighted by Gasteiger charge is 2.32. The summed E-state index contributed by atoms with van der Waals surface area (Å²) in [6, 6.07) is 21.7. The van der Waals surface area contributed by atoms with Crippen molar-refractivity contribution in [1.29, 1.82) is 0 Å². The van der Waals surface area contributed by atoms with E-state index in [2.05, 4.69) is 85.8 Å². The molecule has 5 rings (SSSR count). The molecule has 2 aliphatic carbocycles.